The van der Waals surface area contributed by atoms with E-state index in [9.17, 15) is 5.11 Å². The third kappa shape index (κ3) is 8.41. The lowest BCUT2D eigenvalue weighted by Crippen LogP contribution is -2.60. The van der Waals surface area contributed by atoms with Crippen LogP contribution in [0.2, 0.25) is 0 Å². The van der Waals surface area contributed by atoms with Gasteiger partial charge in [-0.25, -0.2) is 0 Å². The summed E-state index contributed by atoms with van der Waals surface area (Å²) in [5.74, 6) is 1.69. The molecule has 6 aromatic rings. The van der Waals surface area contributed by atoms with E-state index in [4.69, 9.17) is 4.74 Å². The summed E-state index contributed by atoms with van der Waals surface area (Å²) in [6.07, 6.45) is 11.9. The molecule has 5 aromatic heterocycles. The van der Waals surface area contributed by atoms with Crippen LogP contribution in [-0.4, -0.2) is 88.8 Å². The monoisotopic (exact) mass is 759 g/mol. The standard InChI is InChI=1S/C21H27N5OS.C20H22N6O/c1-20(2)9-16(10-21(3,4)25-20)27-19-7-6-17(23-24-19)18-8-14(13-28-18)15-11-22-26(5)12-15;27-18-9-14(15-10-22-23-11-15)1-2-16(18)17-3-4-19(25-24-17)26-12-20(13-26)5-7-21-8-6-20/h6-8,11-13,16,25H,9-10H2,1-5H3;1-4,9-11,21,27H,5-8,12-13H2,(H,22,23). The fourth-order valence-electron chi connectivity index (χ4n) is 8.36. The number of hydrogen-bond acceptors (Lipinski definition) is 12. The van der Waals surface area contributed by atoms with Crippen molar-refractivity contribution in [2.24, 2.45) is 12.5 Å². The summed E-state index contributed by atoms with van der Waals surface area (Å²) in [5, 5.41) is 48.1. The van der Waals surface area contributed by atoms with Gasteiger partial charge in [0.25, 0.3) is 0 Å². The molecule has 0 unspecified atom stereocenters. The fourth-order valence-corrected chi connectivity index (χ4v) is 9.24. The molecule has 1 spiro atoms. The van der Waals surface area contributed by atoms with Crippen LogP contribution in [-0.2, 0) is 7.05 Å². The van der Waals surface area contributed by atoms with Crippen molar-refractivity contribution in [1.29, 1.82) is 0 Å². The van der Waals surface area contributed by atoms with Crippen LogP contribution in [0.5, 0.6) is 11.6 Å². The van der Waals surface area contributed by atoms with Crippen molar-refractivity contribution in [3.05, 3.63) is 78.7 Å². The number of aryl methyl sites for hydroxylation is 1. The molecule has 3 aliphatic rings. The van der Waals surface area contributed by atoms with Gasteiger partial charge in [-0.05, 0) is 107 Å². The number of H-pyrrole nitrogens is 1. The first-order chi connectivity index (χ1) is 26.4. The van der Waals surface area contributed by atoms with Crippen LogP contribution < -0.4 is 20.3 Å². The second-order valence-electron chi connectivity index (χ2n) is 16.5. The van der Waals surface area contributed by atoms with Gasteiger partial charge in [0.1, 0.15) is 17.5 Å². The Morgan fingerprint density at radius 1 is 0.818 bits per heavy atom. The summed E-state index contributed by atoms with van der Waals surface area (Å²) < 4.78 is 7.98. The summed E-state index contributed by atoms with van der Waals surface area (Å²) in [7, 11) is 1.92. The molecule has 3 saturated heterocycles. The summed E-state index contributed by atoms with van der Waals surface area (Å²) in [5.41, 5.74) is 6.85. The maximum absolute atomic E-state index is 10.4. The van der Waals surface area contributed by atoms with Gasteiger partial charge in [0.15, 0.2) is 5.82 Å². The van der Waals surface area contributed by atoms with Crippen molar-refractivity contribution in [3.8, 4) is 55.7 Å². The fraction of sp³-hybridized carbons (Fsp3) is 0.415. The molecule has 0 aliphatic carbocycles. The number of aromatic nitrogens is 8. The summed E-state index contributed by atoms with van der Waals surface area (Å²) in [6, 6.07) is 15.5. The van der Waals surface area contributed by atoms with Crippen LogP contribution in [0.25, 0.3) is 44.1 Å². The molecule has 0 atom stereocenters. The Kier molecular flexibility index (Phi) is 9.90. The number of phenols is 1. The minimum absolute atomic E-state index is 0.0411. The number of aromatic hydroxyl groups is 1. The highest BCUT2D eigenvalue weighted by molar-refractivity contribution is 7.14. The molecule has 0 saturated carbocycles. The zero-order chi connectivity index (χ0) is 38.2. The topological polar surface area (TPSA) is 155 Å². The first-order valence-corrected chi connectivity index (χ1v) is 19.8. The largest absolute Gasteiger partial charge is 0.507 e. The third-order valence-corrected chi connectivity index (χ3v) is 11.7. The predicted molar refractivity (Wildman–Crippen MR) is 216 cm³/mol. The molecule has 14 heteroatoms. The molecule has 286 valence electrons. The number of nitrogens with one attached hydrogen (secondary N) is 3. The van der Waals surface area contributed by atoms with Gasteiger partial charge in [0.2, 0.25) is 5.88 Å². The molecule has 3 aliphatic heterocycles. The molecule has 8 heterocycles. The Morgan fingerprint density at radius 3 is 2.22 bits per heavy atom. The van der Waals surface area contributed by atoms with E-state index in [1.54, 1.807) is 29.8 Å². The lowest BCUT2D eigenvalue weighted by Gasteiger charge is -2.52. The highest BCUT2D eigenvalue weighted by atomic mass is 32.1. The average Bonchev–Trinajstić information content (AvgIpc) is 3.94. The molecule has 0 amide bonds. The van der Waals surface area contributed by atoms with Crippen LogP contribution in [0.15, 0.2) is 78.7 Å². The Morgan fingerprint density at radius 2 is 1.58 bits per heavy atom. The SMILES string of the molecule is Cn1cc(-c2csc(-c3ccc(OC4CC(C)(C)NC(C)(C)C4)nn3)c2)cn1.Oc1cc(-c2cn[nH]c2)ccc1-c1ccc(N2CC3(CCNCC3)C2)nn1. The number of ether oxygens (including phenoxy) is 1. The quantitative estimate of drug-likeness (QED) is 0.137. The minimum Gasteiger partial charge on any atom is -0.507 e. The Labute approximate surface area is 325 Å². The molecular weight excluding hydrogens is 711 g/mol. The lowest BCUT2D eigenvalue weighted by atomic mass is 9.72. The van der Waals surface area contributed by atoms with Crippen molar-refractivity contribution in [1.82, 2.24) is 51.0 Å². The Balaban J connectivity index is 0.000000155. The minimum atomic E-state index is 0.0411. The predicted octanol–water partition coefficient (Wildman–Crippen LogP) is 6.72. The summed E-state index contributed by atoms with van der Waals surface area (Å²) in [4.78, 5) is 3.38. The van der Waals surface area contributed by atoms with E-state index in [-0.39, 0.29) is 22.9 Å². The molecular formula is C41H49N11O2S. The van der Waals surface area contributed by atoms with Crippen LogP contribution >= 0.6 is 11.3 Å². The molecule has 55 heavy (non-hydrogen) atoms. The molecule has 1 aromatic carbocycles. The Bertz CT molecular complexity index is 2180. The zero-order valence-corrected chi connectivity index (χ0v) is 32.9. The summed E-state index contributed by atoms with van der Waals surface area (Å²) in [6.45, 7) is 13.2. The van der Waals surface area contributed by atoms with Gasteiger partial charge >= 0.3 is 0 Å². The number of hydrogen-bond donors (Lipinski definition) is 4. The number of anilines is 1. The number of benzene rings is 1. The van der Waals surface area contributed by atoms with E-state index in [1.165, 1.54) is 12.8 Å². The number of nitrogens with zero attached hydrogens (tertiary/aromatic N) is 8. The van der Waals surface area contributed by atoms with Gasteiger partial charge < -0.3 is 25.4 Å². The number of piperidine rings is 2. The molecule has 9 rings (SSSR count). The maximum atomic E-state index is 10.4. The highest BCUT2D eigenvalue weighted by Crippen LogP contribution is 2.41. The number of rotatable bonds is 7. The van der Waals surface area contributed by atoms with E-state index in [0.29, 0.717) is 22.6 Å². The molecule has 4 N–H and O–H groups in total. The first kappa shape index (κ1) is 36.8. The Hall–Kier alpha value is -5.18. The lowest BCUT2D eigenvalue weighted by molar-refractivity contribution is 0.0524. The van der Waals surface area contributed by atoms with Gasteiger partial charge in [0.05, 0.1) is 23.0 Å². The van der Waals surface area contributed by atoms with Gasteiger partial charge in [-0.15, -0.1) is 31.7 Å². The van der Waals surface area contributed by atoms with E-state index >= 15 is 0 Å². The van der Waals surface area contributed by atoms with Crippen LogP contribution in [0.3, 0.4) is 0 Å². The van der Waals surface area contributed by atoms with Gasteiger partial charge in [0, 0.05) is 84.6 Å². The van der Waals surface area contributed by atoms with Crippen LogP contribution in [0, 0.1) is 5.41 Å². The van der Waals surface area contributed by atoms with Crippen molar-refractivity contribution in [2.45, 2.75) is 70.6 Å². The highest BCUT2D eigenvalue weighted by Gasteiger charge is 2.44. The third-order valence-electron chi connectivity index (χ3n) is 10.8. The second kappa shape index (κ2) is 14.8. The van der Waals surface area contributed by atoms with Crippen LogP contribution in [0.4, 0.5) is 5.82 Å². The summed E-state index contributed by atoms with van der Waals surface area (Å²) >= 11 is 1.66. The van der Waals surface area contributed by atoms with E-state index < -0.39 is 0 Å². The molecule has 3 fully saturated rings. The van der Waals surface area contributed by atoms with E-state index in [2.05, 4.69) is 90.4 Å². The van der Waals surface area contributed by atoms with Gasteiger partial charge in [-0.1, -0.05) is 6.07 Å². The van der Waals surface area contributed by atoms with E-state index in [0.717, 1.165) is 77.7 Å². The van der Waals surface area contributed by atoms with Crippen molar-refractivity contribution in [3.63, 3.8) is 0 Å². The average molecular weight is 760 g/mol. The first-order valence-electron chi connectivity index (χ1n) is 18.9. The van der Waals surface area contributed by atoms with Crippen LogP contribution in [0.1, 0.15) is 53.4 Å². The maximum Gasteiger partial charge on any atom is 0.233 e. The van der Waals surface area contributed by atoms with E-state index in [1.807, 2.05) is 60.5 Å². The normalized spacial score (nSPS) is 18.7. The van der Waals surface area contributed by atoms with Gasteiger partial charge in [-0.3, -0.25) is 9.78 Å². The number of thiophene rings is 1. The van der Waals surface area contributed by atoms with Crippen molar-refractivity contribution < 1.29 is 9.84 Å². The second-order valence-corrected chi connectivity index (χ2v) is 17.4. The molecule has 0 radical (unpaired) electrons. The molecule has 0 bridgehead atoms. The van der Waals surface area contributed by atoms with Crippen molar-refractivity contribution in [2.75, 3.05) is 31.1 Å². The van der Waals surface area contributed by atoms with Crippen molar-refractivity contribution >= 4 is 17.2 Å². The smallest absolute Gasteiger partial charge is 0.233 e. The molecule has 13 nitrogen and oxygen atoms in total. The van der Waals surface area contributed by atoms with Gasteiger partial charge in [-0.2, -0.15) is 10.2 Å². The number of phenolic OH excluding ortho intramolecular Hbond substituents is 1. The zero-order valence-electron chi connectivity index (χ0n) is 32.1. The number of aromatic amines is 1.